The molecule has 3 saturated carbocycles. The zero-order chi connectivity index (χ0) is 25.4. The number of likely N-dealkylation sites (tertiary alicyclic amines) is 1. The third-order valence-electron chi connectivity index (χ3n) is 8.65. The predicted octanol–water partition coefficient (Wildman–Crippen LogP) is 0.459. The molecule has 3 N–H and O–H groups in total. The topological polar surface area (TPSA) is 131 Å². The van der Waals surface area contributed by atoms with Gasteiger partial charge in [0.05, 0.1) is 6.07 Å². The van der Waals surface area contributed by atoms with Crippen LogP contribution in [0.15, 0.2) is 0 Å². The van der Waals surface area contributed by atoms with Gasteiger partial charge in [0.25, 0.3) is 0 Å². The van der Waals surface area contributed by atoms with Crippen LogP contribution in [-0.4, -0.2) is 65.4 Å². The van der Waals surface area contributed by atoms with Gasteiger partial charge in [0.1, 0.15) is 18.1 Å². The number of piperidine rings is 2. The Morgan fingerprint density at radius 3 is 2.49 bits per heavy atom. The van der Waals surface area contributed by atoms with E-state index in [1.54, 1.807) is 0 Å². The Labute approximate surface area is 200 Å². The summed E-state index contributed by atoms with van der Waals surface area (Å²) in [7, 11) is 0. The average Bonchev–Trinajstić information content (AvgIpc) is 3.72. The lowest BCUT2D eigenvalue weighted by atomic mass is 9.95. The maximum absolute atomic E-state index is 13.4. The first-order valence-corrected chi connectivity index (χ1v) is 12.0. The Morgan fingerprint density at radius 1 is 1.26 bits per heavy atom. The number of amides is 4. The van der Waals surface area contributed by atoms with Gasteiger partial charge in [0.2, 0.25) is 17.7 Å². The summed E-state index contributed by atoms with van der Waals surface area (Å²) in [4.78, 5) is 51.7. The first-order valence-electron chi connectivity index (χ1n) is 12.0. The molecule has 4 amide bonds. The van der Waals surface area contributed by atoms with E-state index < -0.39 is 47.9 Å². The van der Waals surface area contributed by atoms with Crippen molar-refractivity contribution in [3.05, 3.63) is 0 Å². The van der Waals surface area contributed by atoms with E-state index in [0.717, 1.165) is 6.42 Å². The molecule has 0 spiro atoms. The number of hydrogen-bond donors (Lipinski definition) is 3. The number of hydrogen-bond acceptors (Lipinski definition) is 5. The molecular weight excluding hydrogens is 467 g/mol. The van der Waals surface area contributed by atoms with Crippen LogP contribution in [0.3, 0.4) is 0 Å². The van der Waals surface area contributed by atoms with Crippen molar-refractivity contribution in [3.8, 4) is 6.07 Å². The highest BCUT2D eigenvalue weighted by Gasteiger charge is 2.70. The van der Waals surface area contributed by atoms with Gasteiger partial charge in [-0.3, -0.25) is 19.2 Å². The average molecular weight is 496 g/mol. The van der Waals surface area contributed by atoms with E-state index in [1.807, 2.05) is 25.2 Å². The maximum Gasteiger partial charge on any atom is 0.471 e. The number of alkyl halides is 3. The summed E-state index contributed by atoms with van der Waals surface area (Å²) in [6.07, 6.45) is -3.07. The van der Waals surface area contributed by atoms with Crippen LogP contribution in [0.1, 0.15) is 39.5 Å². The lowest BCUT2D eigenvalue weighted by Crippen LogP contribution is -2.58. The Balaban J connectivity index is 1.30. The molecule has 35 heavy (non-hydrogen) atoms. The number of fused-ring (bicyclic) bond motifs is 2. The second kappa shape index (κ2) is 7.83. The van der Waals surface area contributed by atoms with Crippen molar-refractivity contribution in [1.29, 1.82) is 5.26 Å². The van der Waals surface area contributed by atoms with Crippen LogP contribution in [0.2, 0.25) is 0 Å². The summed E-state index contributed by atoms with van der Waals surface area (Å²) in [5.41, 5.74) is -0.238. The summed E-state index contributed by atoms with van der Waals surface area (Å²) >= 11 is 0. The highest BCUT2D eigenvalue weighted by atomic mass is 19.4. The maximum atomic E-state index is 13.4. The summed E-state index contributed by atoms with van der Waals surface area (Å²) in [6, 6.07) is -1.05. The fourth-order valence-corrected chi connectivity index (χ4v) is 6.27. The van der Waals surface area contributed by atoms with Crippen LogP contribution in [-0.2, 0) is 19.2 Å². The highest BCUT2D eigenvalue weighted by Crippen LogP contribution is 2.65. The normalized spacial score (nSPS) is 35.7. The lowest BCUT2D eigenvalue weighted by molar-refractivity contribution is -0.175. The fraction of sp³-hybridized carbons (Fsp3) is 0.783. The zero-order valence-electron chi connectivity index (χ0n) is 19.4. The molecule has 3 aliphatic carbocycles. The predicted molar refractivity (Wildman–Crippen MR) is 113 cm³/mol. The number of nitriles is 1. The van der Waals surface area contributed by atoms with Crippen molar-refractivity contribution in [3.63, 3.8) is 0 Å². The number of nitrogens with zero attached hydrogens (tertiary/aromatic N) is 2. The van der Waals surface area contributed by atoms with Crippen LogP contribution in [0.4, 0.5) is 13.2 Å². The number of halogens is 3. The Hall–Kier alpha value is -2.84. The van der Waals surface area contributed by atoms with Crippen LogP contribution >= 0.6 is 0 Å². The van der Waals surface area contributed by atoms with E-state index in [1.165, 1.54) is 4.90 Å². The van der Waals surface area contributed by atoms with E-state index in [2.05, 4.69) is 10.6 Å². The standard InChI is InChI=1S/C23H28F3N5O4/c1-22(2)13-8-31(20(34)16(9-3-4-9)30-21(35)23(24,25)26)17(15(13)22)19(33)28-10(7-27)5-12-11-6-14(11)29-18(12)32/h9-17H,3-6,8H2,1-2H3,(H,28,33)(H,29,32)(H,30,35)/t10-,11+,12+,13-,14+,15-,16-,17-/m0/s1. The zero-order valence-corrected chi connectivity index (χ0v) is 19.4. The molecule has 5 rings (SSSR count). The second-order valence-electron chi connectivity index (χ2n) is 11.2. The quantitative estimate of drug-likeness (QED) is 0.472. The van der Waals surface area contributed by atoms with Gasteiger partial charge in [-0.2, -0.15) is 18.4 Å². The molecule has 0 aromatic rings. The summed E-state index contributed by atoms with van der Waals surface area (Å²) in [6.45, 7) is 4.13. The van der Waals surface area contributed by atoms with Crippen molar-refractivity contribution < 1.29 is 32.3 Å². The molecule has 9 nitrogen and oxygen atoms in total. The molecular formula is C23H28F3N5O4. The lowest BCUT2D eigenvalue weighted by Gasteiger charge is -2.33. The van der Waals surface area contributed by atoms with E-state index in [4.69, 9.17) is 0 Å². The van der Waals surface area contributed by atoms with Crippen LogP contribution in [0.5, 0.6) is 0 Å². The summed E-state index contributed by atoms with van der Waals surface area (Å²) in [5, 5.41) is 17.0. The number of rotatable bonds is 7. The van der Waals surface area contributed by atoms with Crippen molar-refractivity contribution >= 4 is 23.6 Å². The van der Waals surface area contributed by atoms with Gasteiger partial charge in [0.15, 0.2) is 0 Å². The number of carbonyl (C=O) groups is 4. The first kappa shape index (κ1) is 23.9. The monoisotopic (exact) mass is 495 g/mol. The largest absolute Gasteiger partial charge is 0.471 e. The fourth-order valence-electron chi connectivity index (χ4n) is 6.27. The van der Waals surface area contributed by atoms with Crippen molar-refractivity contribution in [2.45, 2.75) is 69.9 Å². The number of nitrogens with one attached hydrogen (secondary N) is 3. The molecule has 8 atom stereocenters. The van der Waals surface area contributed by atoms with Gasteiger partial charge >= 0.3 is 12.1 Å². The van der Waals surface area contributed by atoms with Crippen LogP contribution < -0.4 is 16.0 Å². The SMILES string of the molecule is CC1(C)[C@@H]2[C@@H](C(=O)N[C@H](C#N)C[C@H]3C(=O)N[C@@H]4C[C@@H]43)N(C(=O)[C@@H](NC(=O)C(F)(F)F)C3CC3)C[C@@H]21. The second-order valence-corrected chi connectivity index (χ2v) is 11.2. The minimum absolute atomic E-state index is 0.00580. The number of carbonyl (C=O) groups excluding carboxylic acids is 4. The molecule has 0 bridgehead atoms. The van der Waals surface area contributed by atoms with E-state index in [0.29, 0.717) is 12.8 Å². The molecule has 190 valence electrons. The Kier molecular flexibility index (Phi) is 5.34. The Bertz CT molecular complexity index is 1020. The highest BCUT2D eigenvalue weighted by molar-refractivity contribution is 5.95. The van der Waals surface area contributed by atoms with Crippen LogP contribution in [0.25, 0.3) is 0 Å². The summed E-state index contributed by atoms with van der Waals surface area (Å²) in [5.74, 6) is -4.35. The molecule has 12 heteroatoms. The van der Waals surface area contributed by atoms with E-state index in [-0.39, 0.29) is 54.0 Å². The molecule has 5 fully saturated rings. The van der Waals surface area contributed by atoms with E-state index in [9.17, 15) is 37.6 Å². The van der Waals surface area contributed by atoms with Gasteiger partial charge in [-0.1, -0.05) is 13.8 Å². The first-order chi connectivity index (χ1) is 16.3. The van der Waals surface area contributed by atoms with Crippen LogP contribution in [0, 0.1) is 46.3 Å². The van der Waals surface area contributed by atoms with Gasteiger partial charge in [0, 0.05) is 18.5 Å². The summed E-state index contributed by atoms with van der Waals surface area (Å²) < 4.78 is 38.6. The van der Waals surface area contributed by atoms with Crippen molar-refractivity contribution in [1.82, 2.24) is 20.9 Å². The molecule has 0 aromatic heterocycles. The minimum Gasteiger partial charge on any atom is -0.353 e. The Morgan fingerprint density at radius 2 is 1.94 bits per heavy atom. The molecule has 2 saturated heterocycles. The molecule has 0 radical (unpaired) electrons. The van der Waals surface area contributed by atoms with E-state index >= 15 is 0 Å². The third kappa shape index (κ3) is 4.12. The van der Waals surface area contributed by atoms with Gasteiger partial charge in [-0.15, -0.1) is 0 Å². The van der Waals surface area contributed by atoms with Crippen molar-refractivity contribution in [2.75, 3.05) is 6.54 Å². The van der Waals surface area contributed by atoms with Crippen molar-refractivity contribution in [2.24, 2.45) is 35.0 Å². The minimum atomic E-state index is -5.12. The third-order valence-corrected chi connectivity index (χ3v) is 8.65. The molecule has 2 aliphatic heterocycles. The van der Waals surface area contributed by atoms with Gasteiger partial charge in [-0.05, 0) is 54.8 Å². The van der Waals surface area contributed by atoms with Gasteiger partial charge in [-0.25, -0.2) is 0 Å². The molecule has 0 unspecified atom stereocenters. The molecule has 0 aromatic carbocycles. The molecule has 2 heterocycles. The smallest absolute Gasteiger partial charge is 0.353 e. The molecule has 5 aliphatic rings. The van der Waals surface area contributed by atoms with Gasteiger partial charge < -0.3 is 20.9 Å².